The number of rotatable bonds is 2. The highest BCUT2D eigenvalue weighted by Gasteiger charge is 2.65. The molecule has 0 aliphatic carbocycles. The maximum Gasteiger partial charge on any atom is 0.248 e. The van der Waals surface area contributed by atoms with Gasteiger partial charge in [-0.1, -0.05) is 81.4 Å². The van der Waals surface area contributed by atoms with E-state index in [2.05, 4.69) is 0 Å². The van der Waals surface area contributed by atoms with Crippen molar-refractivity contribution in [3.05, 3.63) is 71.8 Å². The summed E-state index contributed by atoms with van der Waals surface area (Å²) in [5.74, 6) is -0.269. The summed E-state index contributed by atoms with van der Waals surface area (Å²) in [6, 6.07) is 18.3. The number of benzene rings is 2. The molecule has 2 fully saturated rings. The number of ether oxygens (including phenoxy) is 1. The van der Waals surface area contributed by atoms with Crippen molar-refractivity contribution in [1.29, 1.82) is 0 Å². The molecule has 2 aliphatic rings. The van der Waals surface area contributed by atoms with Gasteiger partial charge in [-0.25, -0.2) is 0 Å². The molecule has 2 heterocycles. The summed E-state index contributed by atoms with van der Waals surface area (Å²) in [6.45, 7) is 6.35. The quantitative estimate of drug-likeness (QED) is 0.783. The summed E-state index contributed by atoms with van der Waals surface area (Å²) < 4.78 is 5.87. The van der Waals surface area contributed by atoms with Crippen LogP contribution < -0.4 is 0 Å². The third-order valence-electron chi connectivity index (χ3n) is 5.38. The molecule has 2 aromatic rings. The molecular weight excluding hydrogens is 326 g/mol. The predicted octanol–water partition coefficient (Wildman–Crippen LogP) is 3.16. The largest absolute Gasteiger partial charge is 0.355 e. The maximum absolute atomic E-state index is 13.8. The molecule has 0 N–H and O–H groups in total. The molecule has 4 heteroatoms. The van der Waals surface area contributed by atoms with Crippen molar-refractivity contribution in [1.82, 2.24) is 4.90 Å². The van der Waals surface area contributed by atoms with Gasteiger partial charge in [-0.05, 0) is 11.1 Å². The Morgan fingerprint density at radius 1 is 0.923 bits per heavy atom. The van der Waals surface area contributed by atoms with E-state index in [9.17, 15) is 9.59 Å². The topological polar surface area (TPSA) is 46.6 Å². The Morgan fingerprint density at radius 2 is 1.42 bits per heavy atom. The second kappa shape index (κ2) is 5.78. The minimum atomic E-state index is -1.29. The van der Waals surface area contributed by atoms with Gasteiger partial charge in [-0.3, -0.25) is 9.59 Å². The van der Waals surface area contributed by atoms with Gasteiger partial charge in [0.2, 0.25) is 5.91 Å². The van der Waals surface area contributed by atoms with Crippen molar-refractivity contribution in [3.8, 4) is 0 Å². The summed E-state index contributed by atoms with van der Waals surface area (Å²) in [6.07, 6.45) is -0.404. The first kappa shape index (κ1) is 17.0. The number of amides is 1. The van der Waals surface area contributed by atoms with E-state index in [-0.39, 0.29) is 23.7 Å². The van der Waals surface area contributed by atoms with Crippen LogP contribution in [0.4, 0.5) is 0 Å². The summed E-state index contributed by atoms with van der Waals surface area (Å²) in [5, 5.41) is 0. The summed E-state index contributed by atoms with van der Waals surface area (Å²) in [5.41, 5.74) is -0.110. The molecule has 2 aliphatic heterocycles. The van der Waals surface area contributed by atoms with Gasteiger partial charge in [-0.2, -0.15) is 0 Å². The molecule has 2 aromatic carbocycles. The zero-order valence-electron chi connectivity index (χ0n) is 15.3. The number of fused-ring (bicyclic) bond motifs is 1. The third-order valence-corrected chi connectivity index (χ3v) is 5.38. The van der Waals surface area contributed by atoms with Gasteiger partial charge < -0.3 is 9.64 Å². The molecule has 134 valence electrons. The van der Waals surface area contributed by atoms with Crippen LogP contribution in [0.1, 0.15) is 31.9 Å². The van der Waals surface area contributed by atoms with E-state index in [1.807, 2.05) is 81.4 Å². The molecule has 0 bridgehead atoms. The fourth-order valence-corrected chi connectivity index (χ4v) is 4.25. The van der Waals surface area contributed by atoms with Crippen LogP contribution in [-0.4, -0.2) is 35.5 Å². The average molecular weight is 349 g/mol. The van der Waals surface area contributed by atoms with Crippen molar-refractivity contribution < 1.29 is 14.3 Å². The van der Waals surface area contributed by atoms with Crippen LogP contribution in [0.5, 0.6) is 0 Å². The SMILES string of the molecule is CC(C)(C)[C@H]1OC[C@@H]2C(=O)C(c3ccccc3)(c3ccccc3)C(=O)N21. The number of carbonyl (C=O) groups is 2. The molecule has 1 amide bonds. The van der Waals surface area contributed by atoms with Gasteiger partial charge >= 0.3 is 0 Å². The minimum absolute atomic E-state index is 0.0911. The standard InChI is InChI=1S/C22H23NO3/c1-21(2,3)20-23-17(14-26-20)18(24)22(19(23)25,15-10-6-4-7-11-15)16-12-8-5-9-13-16/h4-13,17,20H,14H2,1-3H3/t17-,20-/m1/s1. The van der Waals surface area contributed by atoms with Crippen LogP contribution in [-0.2, 0) is 19.7 Å². The molecular formula is C22H23NO3. The van der Waals surface area contributed by atoms with Crippen LogP contribution in [0, 0.1) is 5.41 Å². The van der Waals surface area contributed by atoms with Gasteiger partial charge in [0.25, 0.3) is 0 Å². The van der Waals surface area contributed by atoms with Crippen molar-refractivity contribution in [2.75, 3.05) is 6.61 Å². The van der Waals surface area contributed by atoms with Crippen LogP contribution in [0.2, 0.25) is 0 Å². The third kappa shape index (κ3) is 2.18. The van der Waals surface area contributed by atoms with E-state index >= 15 is 0 Å². The first-order chi connectivity index (χ1) is 12.4. The molecule has 2 saturated heterocycles. The summed E-state index contributed by atoms with van der Waals surface area (Å²) in [4.78, 5) is 29.1. The number of ketones is 1. The van der Waals surface area contributed by atoms with E-state index < -0.39 is 17.7 Å². The summed E-state index contributed by atoms with van der Waals surface area (Å²) in [7, 11) is 0. The van der Waals surface area contributed by atoms with E-state index in [0.717, 1.165) is 11.1 Å². The normalized spacial score (nSPS) is 24.8. The fourth-order valence-electron chi connectivity index (χ4n) is 4.25. The second-order valence-electron chi connectivity index (χ2n) is 8.13. The minimum Gasteiger partial charge on any atom is -0.355 e. The lowest BCUT2D eigenvalue weighted by molar-refractivity contribution is -0.143. The molecule has 26 heavy (non-hydrogen) atoms. The van der Waals surface area contributed by atoms with E-state index in [1.165, 1.54) is 0 Å². The van der Waals surface area contributed by atoms with E-state index in [0.29, 0.717) is 0 Å². The lowest BCUT2D eigenvalue weighted by atomic mass is 9.71. The van der Waals surface area contributed by atoms with Crippen LogP contribution in [0.3, 0.4) is 0 Å². The highest BCUT2D eigenvalue weighted by atomic mass is 16.5. The Labute approximate surface area is 153 Å². The molecule has 2 atom stereocenters. The van der Waals surface area contributed by atoms with E-state index in [1.54, 1.807) is 4.90 Å². The van der Waals surface area contributed by atoms with Crippen molar-refractivity contribution in [2.24, 2.45) is 5.41 Å². The number of carbonyl (C=O) groups excluding carboxylic acids is 2. The Balaban J connectivity index is 1.94. The molecule has 0 unspecified atom stereocenters. The van der Waals surface area contributed by atoms with Crippen molar-refractivity contribution in [3.63, 3.8) is 0 Å². The van der Waals surface area contributed by atoms with Crippen LogP contribution in [0.15, 0.2) is 60.7 Å². The molecule has 4 rings (SSSR count). The molecule has 4 nitrogen and oxygen atoms in total. The number of Topliss-reactive ketones (excluding diaryl/α,β-unsaturated/α-hetero) is 1. The Kier molecular flexibility index (Phi) is 3.77. The maximum atomic E-state index is 13.8. The average Bonchev–Trinajstić information content (AvgIpc) is 3.16. The van der Waals surface area contributed by atoms with Crippen LogP contribution in [0.25, 0.3) is 0 Å². The predicted molar refractivity (Wildman–Crippen MR) is 98.5 cm³/mol. The fraction of sp³-hybridized carbons (Fsp3) is 0.364. The van der Waals surface area contributed by atoms with E-state index in [4.69, 9.17) is 4.74 Å². The molecule has 0 aromatic heterocycles. The first-order valence-electron chi connectivity index (χ1n) is 8.98. The number of hydrogen-bond donors (Lipinski definition) is 0. The highest BCUT2D eigenvalue weighted by molar-refractivity contribution is 6.22. The van der Waals surface area contributed by atoms with Crippen molar-refractivity contribution in [2.45, 2.75) is 38.5 Å². The smallest absolute Gasteiger partial charge is 0.248 e. The van der Waals surface area contributed by atoms with Gasteiger partial charge in [0.1, 0.15) is 12.3 Å². The van der Waals surface area contributed by atoms with Crippen molar-refractivity contribution >= 4 is 11.7 Å². The lowest BCUT2D eigenvalue weighted by Crippen LogP contribution is -2.48. The van der Waals surface area contributed by atoms with Gasteiger partial charge in [-0.15, -0.1) is 0 Å². The Hall–Kier alpha value is -2.46. The lowest BCUT2D eigenvalue weighted by Gasteiger charge is -2.35. The Bertz CT molecular complexity index is 799. The van der Waals surface area contributed by atoms with Gasteiger partial charge in [0.05, 0.1) is 6.61 Å². The number of nitrogens with zero attached hydrogens (tertiary/aromatic N) is 1. The molecule has 0 radical (unpaired) electrons. The van der Waals surface area contributed by atoms with Gasteiger partial charge in [0.15, 0.2) is 11.2 Å². The monoisotopic (exact) mass is 349 g/mol. The second-order valence-corrected chi connectivity index (χ2v) is 8.13. The highest BCUT2D eigenvalue weighted by Crippen LogP contribution is 2.47. The number of hydrogen-bond acceptors (Lipinski definition) is 3. The molecule has 0 spiro atoms. The first-order valence-corrected chi connectivity index (χ1v) is 8.98. The zero-order chi connectivity index (χ0) is 18.5. The van der Waals surface area contributed by atoms with Crippen LogP contribution >= 0.6 is 0 Å². The molecule has 0 saturated carbocycles. The Morgan fingerprint density at radius 3 is 1.88 bits per heavy atom. The van der Waals surface area contributed by atoms with Gasteiger partial charge in [0, 0.05) is 5.41 Å². The summed E-state index contributed by atoms with van der Waals surface area (Å²) >= 11 is 0. The zero-order valence-corrected chi connectivity index (χ0v) is 15.3.